The van der Waals surface area contributed by atoms with Crippen LogP contribution in [0.5, 0.6) is 0 Å². The van der Waals surface area contributed by atoms with E-state index in [1.54, 1.807) is 5.48 Å². The lowest BCUT2D eigenvalue weighted by molar-refractivity contribution is 0.0690. The van der Waals surface area contributed by atoms with E-state index >= 15 is 0 Å². The average molecular weight is 190 g/mol. The third kappa shape index (κ3) is 1.80. The van der Waals surface area contributed by atoms with Gasteiger partial charge in [-0.3, -0.25) is 10.7 Å². The molecule has 0 amide bonds. The number of nitrogens with zero attached hydrogens (tertiary/aromatic N) is 2. The Hall–Kier alpha value is -1.40. The Labute approximate surface area is 71.8 Å². The van der Waals surface area contributed by atoms with Crippen LogP contribution in [0.3, 0.4) is 0 Å². The highest BCUT2D eigenvalue weighted by Gasteiger charge is 2.08. The second-order valence-electron chi connectivity index (χ2n) is 1.82. The Morgan fingerprint density at radius 2 is 2.25 bits per heavy atom. The first-order chi connectivity index (χ1) is 5.63. The smallest absolute Gasteiger partial charge is 0.354 e. The first-order valence-electron chi connectivity index (χ1n) is 2.81. The molecule has 1 aromatic rings. The predicted octanol–water partition coefficient (Wildman–Crippen LogP) is 0.629. The summed E-state index contributed by atoms with van der Waals surface area (Å²) in [5, 5.41) is 16.6. The van der Waals surface area contributed by atoms with Gasteiger partial charge in [0.2, 0.25) is 5.28 Å². The highest BCUT2D eigenvalue weighted by molar-refractivity contribution is 6.28. The summed E-state index contributed by atoms with van der Waals surface area (Å²) in [5.74, 6) is -1.30. The van der Waals surface area contributed by atoms with Crippen molar-refractivity contribution in [1.29, 1.82) is 0 Å². The maximum absolute atomic E-state index is 10.4. The molecule has 0 aliphatic rings. The zero-order valence-electron chi connectivity index (χ0n) is 5.65. The molecule has 0 saturated carbocycles. The fraction of sp³-hybridized carbons (Fsp3) is 0. The highest BCUT2D eigenvalue weighted by Crippen LogP contribution is 2.09. The van der Waals surface area contributed by atoms with Gasteiger partial charge in [0, 0.05) is 6.07 Å². The molecule has 7 heteroatoms. The maximum Gasteiger partial charge on any atom is 0.354 e. The van der Waals surface area contributed by atoms with Crippen LogP contribution < -0.4 is 5.48 Å². The molecule has 0 aliphatic heterocycles. The average Bonchev–Trinajstić information content (AvgIpc) is 2.03. The second kappa shape index (κ2) is 3.33. The van der Waals surface area contributed by atoms with E-state index in [4.69, 9.17) is 21.9 Å². The third-order valence-corrected chi connectivity index (χ3v) is 1.20. The quantitative estimate of drug-likeness (QED) is 0.467. The number of carboxylic acid groups (broad SMARTS) is 1. The number of rotatable bonds is 2. The van der Waals surface area contributed by atoms with Crippen LogP contribution in [0.4, 0.5) is 5.82 Å². The highest BCUT2D eigenvalue weighted by atomic mass is 35.5. The van der Waals surface area contributed by atoms with Crippen LogP contribution in [0.2, 0.25) is 5.28 Å². The molecule has 0 aromatic carbocycles. The van der Waals surface area contributed by atoms with Gasteiger partial charge in [-0.2, -0.15) is 4.98 Å². The molecule has 0 radical (unpaired) electrons. The first-order valence-corrected chi connectivity index (χ1v) is 3.19. The lowest BCUT2D eigenvalue weighted by Crippen LogP contribution is -2.04. The van der Waals surface area contributed by atoms with Gasteiger partial charge in [-0.1, -0.05) is 0 Å². The van der Waals surface area contributed by atoms with Crippen molar-refractivity contribution in [2.45, 2.75) is 0 Å². The van der Waals surface area contributed by atoms with E-state index in [1.807, 2.05) is 0 Å². The fourth-order valence-corrected chi connectivity index (χ4v) is 0.767. The lowest BCUT2D eigenvalue weighted by Gasteiger charge is -1.98. The molecule has 1 heterocycles. The van der Waals surface area contributed by atoms with Crippen LogP contribution in [-0.2, 0) is 0 Å². The molecule has 0 atom stereocenters. The van der Waals surface area contributed by atoms with Gasteiger partial charge in [0.05, 0.1) is 0 Å². The van der Waals surface area contributed by atoms with Gasteiger partial charge in [-0.25, -0.2) is 9.78 Å². The van der Waals surface area contributed by atoms with Crippen molar-refractivity contribution in [2.75, 3.05) is 5.48 Å². The third-order valence-electron chi connectivity index (χ3n) is 1.03. The van der Waals surface area contributed by atoms with Crippen LogP contribution in [0.15, 0.2) is 6.07 Å². The topological polar surface area (TPSA) is 95.3 Å². The summed E-state index contributed by atoms with van der Waals surface area (Å²) in [4.78, 5) is 17.2. The second-order valence-corrected chi connectivity index (χ2v) is 2.16. The molecule has 0 bridgehead atoms. The number of aromatic carboxylic acids is 1. The molecule has 6 nitrogen and oxygen atoms in total. The maximum atomic E-state index is 10.4. The van der Waals surface area contributed by atoms with E-state index in [2.05, 4.69) is 9.97 Å². The van der Waals surface area contributed by atoms with Gasteiger partial charge in [0.25, 0.3) is 0 Å². The molecule has 0 unspecified atom stereocenters. The Balaban J connectivity index is 3.15. The molecule has 64 valence electrons. The largest absolute Gasteiger partial charge is 0.477 e. The number of nitrogens with one attached hydrogen (secondary N) is 1. The number of carboxylic acids is 1. The molecule has 12 heavy (non-hydrogen) atoms. The number of carbonyl (C=O) groups is 1. The van der Waals surface area contributed by atoms with Gasteiger partial charge in [-0.05, 0) is 11.6 Å². The van der Waals surface area contributed by atoms with Crippen LogP contribution in [0, 0.1) is 0 Å². The standard InChI is InChI=1S/C5H4ClN3O3/c6-5-7-2(4(10)11)1-3(8-5)9-12/h1,12H,(H,10,11)(H,7,8,9). The molecule has 3 N–H and O–H groups in total. The van der Waals surface area contributed by atoms with Gasteiger partial charge in [-0.15, -0.1) is 0 Å². The number of aromatic nitrogens is 2. The lowest BCUT2D eigenvalue weighted by atomic mass is 10.4. The Morgan fingerprint density at radius 3 is 2.75 bits per heavy atom. The summed E-state index contributed by atoms with van der Waals surface area (Å²) >= 11 is 5.34. The zero-order valence-corrected chi connectivity index (χ0v) is 6.41. The van der Waals surface area contributed by atoms with Crippen LogP contribution in [0.1, 0.15) is 10.5 Å². The number of anilines is 1. The van der Waals surface area contributed by atoms with Crippen molar-refractivity contribution in [3.05, 3.63) is 17.0 Å². The number of hydrogen-bond acceptors (Lipinski definition) is 5. The van der Waals surface area contributed by atoms with Crippen molar-refractivity contribution in [2.24, 2.45) is 0 Å². The van der Waals surface area contributed by atoms with E-state index < -0.39 is 5.97 Å². The minimum Gasteiger partial charge on any atom is -0.477 e. The summed E-state index contributed by atoms with van der Waals surface area (Å²) in [7, 11) is 0. The molecule has 0 fully saturated rings. The van der Waals surface area contributed by atoms with E-state index in [-0.39, 0.29) is 16.8 Å². The van der Waals surface area contributed by atoms with E-state index in [1.165, 1.54) is 0 Å². The molecule has 1 rings (SSSR count). The van der Waals surface area contributed by atoms with Gasteiger partial charge in [0.1, 0.15) is 0 Å². The first kappa shape index (κ1) is 8.69. The van der Waals surface area contributed by atoms with Gasteiger partial charge >= 0.3 is 5.97 Å². The van der Waals surface area contributed by atoms with E-state index in [0.717, 1.165) is 6.07 Å². The van der Waals surface area contributed by atoms with Gasteiger partial charge < -0.3 is 5.11 Å². The van der Waals surface area contributed by atoms with E-state index in [0.29, 0.717) is 0 Å². The van der Waals surface area contributed by atoms with Crippen molar-refractivity contribution < 1.29 is 15.1 Å². The van der Waals surface area contributed by atoms with Gasteiger partial charge in [0.15, 0.2) is 11.5 Å². The zero-order chi connectivity index (χ0) is 9.14. The summed E-state index contributed by atoms with van der Waals surface area (Å²) in [6.45, 7) is 0. The summed E-state index contributed by atoms with van der Waals surface area (Å²) in [5.41, 5.74) is 1.38. The van der Waals surface area contributed by atoms with Crippen LogP contribution in [0.25, 0.3) is 0 Å². The monoisotopic (exact) mass is 189 g/mol. The number of halogens is 1. The van der Waals surface area contributed by atoms with Crippen LogP contribution in [-0.4, -0.2) is 26.3 Å². The normalized spacial score (nSPS) is 9.50. The predicted molar refractivity (Wildman–Crippen MR) is 39.4 cm³/mol. The summed E-state index contributed by atoms with van der Waals surface area (Å²) in [6, 6.07) is 1.05. The minimum absolute atomic E-state index is 0.0626. The molecule has 0 spiro atoms. The minimum atomic E-state index is -1.24. The Bertz CT molecular complexity index is 317. The molecule has 0 aliphatic carbocycles. The molecular formula is C5H4ClN3O3. The van der Waals surface area contributed by atoms with Crippen LogP contribution >= 0.6 is 11.6 Å². The van der Waals surface area contributed by atoms with Crippen molar-refractivity contribution in [1.82, 2.24) is 9.97 Å². The molecule has 0 saturated heterocycles. The van der Waals surface area contributed by atoms with Crippen molar-refractivity contribution >= 4 is 23.4 Å². The summed E-state index contributed by atoms with van der Waals surface area (Å²) in [6.07, 6.45) is 0. The molecule has 1 aromatic heterocycles. The van der Waals surface area contributed by atoms with Crippen molar-refractivity contribution in [3.63, 3.8) is 0 Å². The summed E-state index contributed by atoms with van der Waals surface area (Å²) < 4.78 is 0. The van der Waals surface area contributed by atoms with E-state index in [9.17, 15) is 4.79 Å². The Kier molecular flexibility index (Phi) is 2.41. The fourth-order valence-electron chi connectivity index (χ4n) is 0.585. The Morgan fingerprint density at radius 1 is 1.58 bits per heavy atom. The molecular weight excluding hydrogens is 186 g/mol. The SMILES string of the molecule is O=C(O)c1cc(NO)nc(Cl)n1. The van der Waals surface area contributed by atoms with Crippen molar-refractivity contribution in [3.8, 4) is 0 Å². The number of hydrogen-bond donors (Lipinski definition) is 3.